The van der Waals surface area contributed by atoms with E-state index in [2.05, 4.69) is 52.1 Å². The Bertz CT molecular complexity index is 771. The van der Waals surface area contributed by atoms with Crippen LogP contribution >= 0.6 is 0 Å². The molecule has 0 N–H and O–H groups in total. The number of hydrogen-bond donors (Lipinski definition) is 0. The summed E-state index contributed by atoms with van der Waals surface area (Å²) in [5.74, 6) is 0. The van der Waals surface area contributed by atoms with Crippen molar-refractivity contribution in [1.82, 2.24) is 14.8 Å². The molecule has 1 fully saturated rings. The Kier molecular flexibility index (Phi) is 4.41. The van der Waals surface area contributed by atoms with Gasteiger partial charge in [0.2, 0.25) is 0 Å². The lowest BCUT2D eigenvalue weighted by Gasteiger charge is -2.24. The van der Waals surface area contributed by atoms with E-state index in [0.717, 1.165) is 17.7 Å². The molecular weight excluding hydrogens is 294 g/mol. The van der Waals surface area contributed by atoms with Gasteiger partial charge in [0.25, 0.3) is 0 Å². The predicted octanol–water partition coefficient (Wildman–Crippen LogP) is 5.04. The molecule has 1 saturated carbocycles. The summed E-state index contributed by atoms with van der Waals surface area (Å²) in [5, 5.41) is 4.98. The highest BCUT2D eigenvalue weighted by Gasteiger charge is 2.20. The second-order valence-corrected chi connectivity index (χ2v) is 6.66. The van der Waals surface area contributed by atoms with Crippen molar-refractivity contribution in [2.45, 2.75) is 44.6 Å². The molecule has 3 heteroatoms. The minimum absolute atomic E-state index is 0.544. The molecule has 1 aromatic carbocycles. The van der Waals surface area contributed by atoms with Crippen LogP contribution < -0.4 is 0 Å². The molecule has 0 radical (unpaired) electrons. The van der Waals surface area contributed by atoms with Gasteiger partial charge in [-0.15, -0.1) is 0 Å². The highest BCUT2D eigenvalue weighted by atomic mass is 15.3. The third kappa shape index (κ3) is 3.25. The van der Waals surface area contributed by atoms with Gasteiger partial charge in [-0.25, -0.2) is 0 Å². The van der Waals surface area contributed by atoms with Gasteiger partial charge in [0, 0.05) is 30.1 Å². The molecular formula is C21H23N3. The molecule has 0 amide bonds. The van der Waals surface area contributed by atoms with Crippen LogP contribution in [0.2, 0.25) is 0 Å². The van der Waals surface area contributed by atoms with Gasteiger partial charge in [0.1, 0.15) is 0 Å². The SMILES string of the molecule is c1ccc(Cc2cc(-c3cccnc3)nn2C2CCCCC2)cc1. The van der Waals surface area contributed by atoms with Gasteiger partial charge in [0.15, 0.2) is 0 Å². The highest BCUT2D eigenvalue weighted by Crippen LogP contribution is 2.31. The van der Waals surface area contributed by atoms with Crippen LogP contribution in [0.25, 0.3) is 11.3 Å². The molecule has 0 aliphatic heterocycles. The van der Waals surface area contributed by atoms with Gasteiger partial charge >= 0.3 is 0 Å². The van der Waals surface area contributed by atoms with Crippen molar-refractivity contribution in [3.05, 3.63) is 72.2 Å². The summed E-state index contributed by atoms with van der Waals surface area (Å²) in [6.45, 7) is 0. The van der Waals surface area contributed by atoms with E-state index >= 15 is 0 Å². The third-order valence-electron chi connectivity index (χ3n) is 4.92. The maximum absolute atomic E-state index is 4.98. The highest BCUT2D eigenvalue weighted by molar-refractivity contribution is 5.58. The van der Waals surface area contributed by atoms with Crippen molar-refractivity contribution >= 4 is 0 Å². The number of aromatic nitrogens is 3. The number of hydrogen-bond acceptors (Lipinski definition) is 2. The number of nitrogens with zero attached hydrogens (tertiary/aromatic N) is 3. The fourth-order valence-corrected chi connectivity index (χ4v) is 3.67. The lowest BCUT2D eigenvalue weighted by molar-refractivity contribution is 0.323. The maximum Gasteiger partial charge on any atom is 0.0941 e. The van der Waals surface area contributed by atoms with Crippen molar-refractivity contribution in [3.8, 4) is 11.3 Å². The molecule has 4 rings (SSSR count). The van der Waals surface area contributed by atoms with Gasteiger partial charge in [-0.3, -0.25) is 9.67 Å². The lowest BCUT2D eigenvalue weighted by atomic mass is 9.95. The Balaban J connectivity index is 1.70. The van der Waals surface area contributed by atoms with Gasteiger partial charge in [-0.2, -0.15) is 5.10 Å². The van der Waals surface area contributed by atoms with Crippen molar-refractivity contribution < 1.29 is 0 Å². The molecule has 3 nitrogen and oxygen atoms in total. The average molecular weight is 317 g/mol. The molecule has 3 aromatic rings. The molecule has 2 aromatic heterocycles. The van der Waals surface area contributed by atoms with Crippen LogP contribution in [-0.4, -0.2) is 14.8 Å². The maximum atomic E-state index is 4.98. The molecule has 24 heavy (non-hydrogen) atoms. The fraction of sp³-hybridized carbons (Fsp3) is 0.333. The predicted molar refractivity (Wildman–Crippen MR) is 96.8 cm³/mol. The molecule has 0 bridgehead atoms. The van der Waals surface area contributed by atoms with E-state index in [0.29, 0.717) is 6.04 Å². The van der Waals surface area contributed by atoms with Crippen LogP contribution in [0.5, 0.6) is 0 Å². The summed E-state index contributed by atoms with van der Waals surface area (Å²) < 4.78 is 2.30. The molecule has 1 aliphatic carbocycles. The minimum Gasteiger partial charge on any atom is -0.266 e. The molecule has 0 unspecified atom stereocenters. The van der Waals surface area contributed by atoms with E-state index in [-0.39, 0.29) is 0 Å². The van der Waals surface area contributed by atoms with Gasteiger partial charge in [-0.1, -0.05) is 49.6 Å². The van der Waals surface area contributed by atoms with Crippen molar-refractivity contribution in [3.63, 3.8) is 0 Å². The lowest BCUT2D eigenvalue weighted by Crippen LogP contribution is -2.16. The summed E-state index contributed by atoms with van der Waals surface area (Å²) in [4.78, 5) is 4.25. The number of pyridine rings is 1. The van der Waals surface area contributed by atoms with Gasteiger partial charge < -0.3 is 0 Å². The molecule has 0 spiro atoms. The zero-order chi connectivity index (χ0) is 16.2. The van der Waals surface area contributed by atoms with E-state index in [4.69, 9.17) is 5.10 Å². The Hall–Kier alpha value is -2.42. The van der Waals surface area contributed by atoms with Crippen LogP contribution in [0.3, 0.4) is 0 Å². The molecule has 122 valence electrons. The molecule has 2 heterocycles. The Morgan fingerprint density at radius 2 is 1.79 bits per heavy atom. The topological polar surface area (TPSA) is 30.7 Å². The standard InChI is InChI=1S/C21H23N3/c1-3-8-17(9-4-1)14-20-15-21(18-10-7-13-22-16-18)23-24(20)19-11-5-2-6-12-19/h1,3-4,7-10,13,15-16,19H,2,5-6,11-12,14H2. The van der Waals surface area contributed by atoms with Crippen LogP contribution in [-0.2, 0) is 6.42 Å². The summed E-state index contributed by atoms with van der Waals surface area (Å²) in [6, 6.07) is 17.5. The average Bonchev–Trinajstić information content (AvgIpc) is 3.08. The fourth-order valence-electron chi connectivity index (χ4n) is 3.67. The van der Waals surface area contributed by atoms with Crippen molar-refractivity contribution in [2.75, 3.05) is 0 Å². The summed E-state index contributed by atoms with van der Waals surface area (Å²) in [7, 11) is 0. The smallest absolute Gasteiger partial charge is 0.0941 e. The minimum atomic E-state index is 0.544. The van der Waals surface area contributed by atoms with E-state index in [1.54, 1.807) is 0 Å². The quantitative estimate of drug-likeness (QED) is 0.675. The second-order valence-electron chi connectivity index (χ2n) is 6.66. The Morgan fingerprint density at radius 1 is 0.958 bits per heavy atom. The third-order valence-corrected chi connectivity index (χ3v) is 4.92. The molecule has 0 atom stereocenters. The van der Waals surface area contributed by atoms with E-state index < -0.39 is 0 Å². The molecule has 0 saturated heterocycles. The van der Waals surface area contributed by atoms with Crippen molar-refractivity contribution in [1.29, 1.82) is 0 Å². The number of rotatable bonds is 4. The first kappa shape index (κ1) is 15.1. The summed E-state index contributed by atoms with van der Waals surface area (Å²) in [5.41, 5.74) is 4.79. The summed E-state index contributed by atoms with van der Waals surface area (Å²) >= 11 is 0. The Labute approximate surface area is 143 Å². The van der Waals surface area contributed by atoms with E-state index in [1.165, 1.54) is 43.4 Å². The van der Waals surface area contributed by atoms with Gasteiger partial charge in [0.05, 0.1) is 11.7 Å². The first-order chi connectivity index (χ1) is 11.9. The van der Waals surface area contributed by atoms with Crippen LogP contribution in [0.15, 0.2) is 60.9 Å². The summed E-state index contributed by atoms with van der Waals surface area (Å²) in [6.07, 6.45) is 11.1. The largest absolute Gasteiger partial charge is 0.266 e. The van der Waals surface area contributed by atoms with Crippen LogP contribution in [0.4, 0.5) is 0 Å². The second kappa shape index (κ2) is 7.00. The normalized spacial score (nSPS) is 15.5. The Morgan fingerprint density at radius 3 is 2.54 bits per heavy atom. The van der Waals surface area contributed by atoms with Crippen molar-refractivity contribution in [2.24, 2.45) is 0 Å². The first-order valence-electron chi connectivity index (χ1n) is 8.93. The first-order valence-corrected chi connectivity index (χ1v) is 8.93. The van der Waals surface area contributed by atoms with E-state index in [9.17, 15) is 0 Å². The van der Waals surface area contributed by atoms with Gasteiger partial charge in [-0.05, 0) is 36.6 Å². The number of benzene rings is 1. The molecule has 1 aliphatic rings. The zero-order valence-electron chi connectivity index (χ0n) is 13.9. The zero-order valence-corrected chi connectivity index (χ0v) is 13.9. The van der Waals surface area contributed by atoms with E-state index in [1.807, 2.05) is 18.5 Å². The monoisotopic (exact) mass is 317 g/mol. The van der Waals surface area contributed by atoms with Crippen LogP contribution in [0.1, 0.15) is 49.4 Å². The van der Waals surface area contributed by atoms with Crippen LogP contribution in [0, 0.1) is 0 Å².